The van der Waals surface area contributed by atoms with E-state index in [-0.39, 0.29) is 5.91 Å². The Hall–Kier alpha value is -2.20. The minimum Gasteiger partial charge on any atom is -0.321 e. The van der Waals surface area contributed by atoms with E-state index in [0.29, 0.717) is 5.69 Å². The van der Waals surface area contributed by atoms with Gasteiger partial charge in [0.2, 0.25) is 0 Å². The largest absolute Gasteiger partial charge is 0.321 e. The quantitative estimate of drug-likeness (QED) is 0.861. The molecule has 92 valence electrons. The molecule has 0 aliphatic rings. The molecule has 4 heteroatoms. The summed E-state index contributed by atoms with van der Waals surface area (Å²) in [5.41, 5.74) is 2.36. The van der Waals surface area contributed by atoms with Gasteiger partial charge in [0.1, 0.15) is 5.69 Å². The Bertz CT molecular complexity index is 508. The first-order chi connectivity index (χ1) is 8.79. The van der Waals surface area contributed by atoms with Crippen LogP contribution in [0.25, 0.3) is 0 Å². The second-order valence-corrected chi connectivity index (χ2v) is 3.90. The lowest BCUT2D eigenvalue weighted by Gasteiger charge is -2.05. The van der Waals surface area contributed by atoms with Gasteiger partial charge in [0.05, 0.1) is 0 Å². The van der Waals surface area contributed by atoms with Gasteiger partial charge in [-0.25, -0.2) is 0 Å². The second-order valence-electron chi connectivity index (χ2n) is 3.90. The molecule has 0 atom stereocenters. The molecule has 2 N–H and O–H groups in total. The van der Waals surface area contributed by atoms with Gasteiger partial charge in [-0.3, -0.25) is 9.78 Å². The summed E-state index contributed by atoms with van der Waals surface area (Å²) in [6.07, 6.45) is 1.60. The zero-order valence-electron chi connectivity index (χ0n) is 10.2. The molecule has 0 unspecified atom stereocenters. The standard InChI is InChI=1S/C14H15N3O/c1-15-10-11-5-7-12(8-6-11)17-14(18)13-4-2-3-9-16-13/h2-9,15H,10H2,1H3,(H,17,18). The fraction of sp³-hybridized carbons (Fsp3) is 0.143. The molecule has 18 heavy (non-hydrogen) atoms. The number of rotatable bonds is 4. The molecule has 0 bridgehead atoms. The molecule has 1 aromatic heterocycles. The SMILES string of the molecule is CNCc1ccc(NC(=O)c2ccccn2)cc1. The number of carbonyl (C=O) groups excluding carboxylic acids is 1. The van der Waals surface area contributed by atoms with E-state index in [9.17, 15) is 4.79 Å². The molecule has 0 radical (unpaired) electrons. The van der Waals surface area contributed by atoms with Crippen molar-refractivity contribution in [1.29, 1.82) is 0 Å². The van der Waals surface area contributed by atoms with Gasteiger partial charge in [0.25, 0.3) is 5.91 Å². The summed E-state index contributed by atoms with van der Waals surface area (Å²) < 4.78 is 0. The molecule has 1 aromatic carbocycles. The van der Waals surface area contributed by atoms with Crippen molar-refractivity contribution in [2.24, 2.45) is 0 Å². The van der Waals surface area contributed by atoms with Crippen LogP contribution in [0.1, 0.15) is 16.1 Å². The van der Waals surface area contributed by atoms with Crippen LogP contribution in [0, 0.1) is 0 Å². The Balaban J connectivity index is 2.03. The van der Waals surface area contributed by atoms with E-state index < -0.39 is 0 Å². The van der Waals surface area contributed by atoms with Crippen LogP contribution in [0.3, 0.4) is 0 Å². The third-order valence-corrected chi connectivity index (χ3v) is 2.49. The lowest BCUT2D eigenvalue weighted by molar-refractivity contribution is 0.102. The Kier molecular flexibility index (Phi) is 4.04. The van der Waals surface area contributed by atoms with Gasteiger partial charge >= 0.3 is 0 Å². The van der Waals surface area contributed by atoms with Crippen LogP contribution < -0.4 is 10.6 Å². The number of nitrogens with zero attached hydrogens (tertiary/aromatic N) is 1. The van der Waals surface area contributed by atoms with E-state index in [1.165, 1.54) is 5.56 Å². The highest BCUT2D eigenvalue weighted by Crippen LogP contribution is 2.10. The monoisotopic (exact) mass is 241 g/mol. The predicted molar refractivity (Wildman–Crippen MR) is 71.4 cm³/mol. The summed E-state index contributed by atoms with van der Waals surface area (Å²) >= 11 is 0. The molecule has 2 rings (SSSR count). The van der Waals surface area contributed by atoms with Crippen LogP contribution in [-0.2, 0) is 6.54 Å². The topological polar surface area (TPSA) is 54.0 Å². The molecule has 2 aromatic rings. The van der Waals surface area contributed by atoms with E-state index in [2.05, 4.69) is 15.6 Å². The number of anilines is 1. The molecule has 1 heterocycles. The van der Waals surface area contributed by atoms with Crippen molar-refractivity contribution in [3.8, 4) is 0 Å². The normalized spacial score (nSPS) is 10.1. The number of carbonyl (C=O) groups is 1. The maximum absolute atomic E-state index is 11.8. The Morgan fingerprint density at radius 3 is 2.56 bits per heavy atom. The van der Waals surface area contributed by atoms with E-state index >= 15 is 0 Å². The summed E-state index contributed by atoms with van der Waals surface area (Å²) in [6, 6.07) is 13.0. The Labute approximate surface area is 106 Å². The molecule has 0 saturated heterocycles. The van der Waals surface area contributed by atoms with Crippen molar-refractivity contribution in [2.75, 3.05) is 12.4 Å². The number of hydrogen-bond donors (Lipinski definition) is 2. The Morgan fingerprint density at radius 1 is 1.17 bits per heavy atom. The van der Waals surface area contributed by atoms with E-state index in [1.807, 2.05) is 31.3 Å². The fourth-order valence-electron chi connectivity index (χ4n) is 1.60. The maximum atomic E-state index is 11.8. The molecule has 1 amide bonds. The molecular weight excluding hydrogens is 226 g/mol. The smallest absolute Gasteiger partial charge is 0.274 e. The Morgan fingerprint density at radius 2 is 1.94 bits per heavy atom. The van der Waals surface area contributed by atoms with Crippen LogP contribution in [0.4, 0.5) is 5.69 Å². The van der Waals surface area contributed by atoms with Gasteiger partial charge in [-0.05, 0) is 36.9 Å². The summed E-state index contributed by atoms with van der Waals surface area (Å²) in [5.74, 6) is -0.197. The maximum Gasteiger partial charge on any atom is 0.274 e. The average Bonchev–Trinajstić information content (AvgIpc) is 2.42. The first kappa shape index (κ1) is 12.3. The van der Waals surface area contributed by atoms with Crippen molar-refractivity contribution < 1.29 is 4.79 Å². The lowest BCUT2D eigenvalue weighted by atomic mass is 10.2. The highest BCUT2D eigenvalue weighted by atomic mass is 16.1. The first-order valence-corrected chi connectivity index (χ1v) is 5.75. The van der Waals surface area contributed by atoms with E-state index in [4.69, 9.17) is 0 Å². The number of hydrogen-bond acceptors (Lipinski definition) is 3. The van der Waals surface area contributed by atoms with Crippen molar-refractivity contribution in [2.45, 2.75) is 6.54 Å². The van der Waals surface area contributed by atoms with Crippen LogP contribution in [0.2, 0.25) is 0 Å². The zero-order valence-corrected chi connectivity index (χ0v) is 10.2. The van der Waals surface area contributed by atoms with Crippen LogP contribution in [-0.4, -0.2) is 17.9 Å². The van der Waals surface area contributed by atoms with Gasteiger partial charge in [-0.1, -0.05) is 18.2 Å². The molecule has 4 nitrogen and oxygen atoms in total. The first-order valence-electron chi connectivity index (χ1n) is 5.75. The molecule has 0 aliphatic heterocycles. The minimum absolute atomic E-state index is 0.197. The number of pyridine rings is 1. The van der Waals surface area contributed by atoms with Gasteiger partial charge in [0, 0.05) is 18.4 Å². The predicted octanol–water partition coefficient (Wildman–Crippen LogP) is 2.05. The lowest BCUT2D eigenvalue weighted by Crippen LogP contribution is -2.13. The molecular formula is C14H15N3O. The highest BCUT2D eigenvalue weighted by Gasteiger charge is 2.06. The summed E-state index contributed by atoms with van der Waals surface area (Å²) in [4.78, 5) is 15.8. The number of aromatic nitrogens is 1. The number of amides is 1. The molecule has 0 spiro atoms. The van der Waals surface area contributed by atoms with E-state index in [1.54, 1.807) is 24.4 Å². The second kappa shape index (κ2) is 5.93. The van der Waals surface area contributed by atoms with Crippen molar-refractivity contribution in [3.63, 3.8) is 0 Å². The molecule has 0 fully saturated rings. The van der Waals surface area contributed by atoms with Crippen LogP contribution in [0.5, 0.6) is 0 Å². The fourth-order valence-corrected chi connectivity index (χ4v) is 1.60. The van der Waals surface area contributed by atoms with Crippen molar-refractivity contribution >= 4 is 11.6 Å². The van der Waals surface area contributed by atoms with E-state index in [0.717, 1.165) is 12.2 Å². The molecule has 0 aliphatic carbocycles. The summed E-state index contributed by atoms with van der Waals surface area (Å²) in [5, 5.41) is 5.88. The van der Waals surface area contributed by atoms with Crippen molar-refractivity contribution in [1.82, 2.24) is 10.3 Å². The number of nitrogens with one attached hydrogen (secondary N) is 2. The highest BCUT2D eigenvalue weighted by molar-refractivity contribution is 6.02. The van der Waals surface area contributed by atoms with Gasteiger partial charge in [0.15, 0.2) is 0 Å². The molecule has 0 saturated carbocycles. The third kappa shape index (κ3) is 3.15. The van der Waals surface area contributed by atoms with Crippen LogP contribution >= 0.6 is 0 Å². The summed E-state index contributed by atoms with van der Waals surface area (Å²) in [6.45, 7) is 0.814. The number of benzene rings is 1. The minimum atomic E-state index is -0.197. The summed E-state index contributed by atoms with van der Waals surface area (Å²) in [7, 11) is 1.90. The van der Waals surface area contributed by atoms with Gasteiger partial charge in [-0.15, -0.1) is 0 Å². The van der Waals surface area contributed by atoms with Crippen molar-refractivity contribution in [3.05, 3.63) is 59.9 Å². The average molecular weight is 241 g/mol. The van der Waals surface area contributed by atoms with Crippen LogP contribution in [0.15, 0.2) is 48.7 Å². The zero-order chi connectivity index (χ0) is 12.8. The van der Waals surface area contributed by atoms with Gasteiger partial charge in [-0.2, -0.15) is 0 Å². The third-order valence-electron chi connectivity index (χ3n) is 2.49. The van der Waals surface area contributed by atoms with Gasteiger partial charge < -0.3 is 10.6 Å².